The van der Waals surface area contributed by atoms with Crippen LogP contribution in [0.15, 0.2) is 212 Å². The summed E-state index contributed by atoms with van der Waals surface area (Å²) in [5.74, 6) is 0. The maximum atomic E-state index is 2.52. The Labute approximate surface area is 305 Å². The molecular formula is C50H35NSi. The van der Waals surface area contributed by atoms with Gasteiger partial charge in [-0.2, -0.15) is 0 Å². The quantitative estimate of drug-likeness (QED) is 0.125. The lowest BCUT2D eigenvalue weighted by molar-refractivity contribution is 1.30. The van der Waals surface area contributed by atoms with Gasteiger partial charge in [-0.05, 0) is 89.5 Å². The molecule has 0 radical (unpaired) electrons. The lowest BCUT2D eigenvalue weighted by Crippen LogP contribution is -2.72. The minimum atomic E-state index is -2.68. The van der Waals surface area contributed by atoms with Crippen molar-refractivity contribution in [3.8, 4) is 22.3 Å². The first-order chi connectivity index (χ1) is 25.8. The number of hydrogen-bond acceptors (Lipinski definition) is 1. The van der Waals surface area contributed by atoms with Crippen LogP contribution in [-0.4, -0.2) is 8.07 Å². The van der Waals surface area contributed by atoms with E-state index in [1.807, 2.05) is 0 Å². The average Bonchev–Trinajstić information content (AvgIpc) is 3.53. The second-order valence-electron chi connectivity index (χ2n) is 13.7. The van der Waals surface area contributed by atoms with Crippen molar-refractivity contribution in [3.05, 3.63) is 212 Å². The molecule has 9 aromatic carbocycles. The van der Waals surface area contributed by atoms with Gasteiger partial charge in [0, 0.05) is 16.8 Å². The lowest BCUT2D eigenvalue weighted by atomic mass is 9.98. The van der Waals surface area contributed by atoms with E-state index in [2.05, 4.69) is 217 Å². The van der Waals surface area contributed by atoms with Crippen molar-refractivity contribution in [2.45, 2.75) is 0 Å². The highest BCUT2D eigenvalue weighted by Crippen LogP contribution is 2.43. The van der Waals surface area contributed by atoms with Crippen LogP contribution in [0.25, 0.3) is 43.8 Å². The summed E-state index contributed by atoms with van der Waals surface area (Å²) < 4.78 is 0. The number of anilines is 3. The second-order valence-corrected chi connectivity index (χ2v) is 17.4. The molecule has 9 aromatic rings. The summed E-state index contributed by atoms with van der Waals surface area (Å²) in [6, 6.07) is 78.7. The topological polar surface area (TPSA) is 3.24 Å². The smallest absolute Gasteiger partial charge is 0.180 e. The van der Waals surface area contributed by atoms with Crippen LogP contribution in [0, 0.1) is 0 Å². The average molecular weight is 678 g/mol. The Hall–Kier alpha value is -6.48. The molecule has 0 aromatic heterocycles. The molecule has 0 saturated heterocycles. The molecule has 1 nitrogen and oxygen atoms in total. The third-order valence-corrected chi connectivity index (χ3v) is 15.8. The Kier molecular flexibility index (Phi) is 7.23. The number of benzene rings is 9. The van der Waals surface area contributed by atoms with E-state index < -0.39 is 8.07 Å². The molecule has 0 aliphatic carbocycles. The van der Waals surface area contributed by atoms with Gasteiger partial charge < -0.3 is 4.90 Å². The van der Waals surface area contributed by atoms with Crippen LogP contribution in [0.4, 0.5) is 17.1 Å². The highest BCUT2D eigenvalue weighted by Gasteiger charge is 2.48. The maximum absolute atomic E-state index is 2.68. The minimum absolute atomic E-state index is 1.13. The van der Waals surface area contributed by atoms with E-state index in [4.69, 9.17) is 0 Å². The van der Waals surface area contributed by atoms with Gasteiger partial charge in [0.1, 0.15) is 0 Å². The fraction of sp³-hybridized carbons (Fsp3) is 0. The second kappa shape index (κ2) is 12.4. The van der Waals surface area contributed by atoms with Crippen LogP contribution in [0.3, 0.4) is 0 Å². The summed E-state index contributed by atoms with van der Waals surface area (Å²) in [6.07, 6.45) is 0. The summed E-state index contributed by atoms with van der Waals surface area (Å²) in [5.41, 5.74) is 8.55. The van der Waals surface area contributed by atoms with Crippen LogP contribution in [0.5, 0.6) is 0 Å². The van der Waals surface area contributed by atoms with Gasteiger partial charge in [-0.15, -0.1) is 0 Å². The Morgan fingerprint density at radius 3 is 1.56 bits per heavy atom. The zero-order chi connectivity index (χ0) is 34.5. The molecule has 10 rings (SSSR count). The Balaban J connectivity index is 1.27. The number of fused-ring (bicyclic) bond motifs is 6. The summed E-state index contributed by atoms with van der Waals surface area (Å²) in [6.45, 7) is 0. The van der Waals surface area contributed by atoms with Crippen molar-refractivity contribution in [1.29, 1.82) is 0 Å². The highest BCUT2D eigenvalue weighted by molar-refractivity contribution is 7.22. The normalized spacial score (nSPS) is 12.8. The van der Waals surface area contributed by atoms with Crippen molar-refractivity contribution in [3.63, 3.8) is 0 Å². The van der Waals surface area contributed by atoms with Crippen molar-refractivity contribution >= 4 is 67.4 Å². The molecule has 0 N–H and O–H groups in total. The molecule has 0 bridgehead atoms. The van der Waals surface area contributed by atoms with Crippen LogP contribution in [0.1, 0.15) is 0 Å². The first-order valence-corrected chi connectivity index (χ1v) is 20.0. The van der Waals surface area contributed by atoms with Crippen molar-refractivity contribution in [1.82, 2.24) is 0 Å². The zero-order valence-corrected chi connectivity index (χ0v) is 29.7. The molecule has 0 atom stereocenters. The van der Waals surface area contributed by atoms with E-state index in [1.54, 1.807) is 0 Å². The molecule has 0 amide bonds. The van der Waals surface area contributed by atoms with Crippen LogP contribution in [0.2, 0.25) is 0 Å². The van der Waals surface area contributed by atoms with Gasteiger partial charge in [-0.1, -0.05) is 182 Å². The fourth-order valence-electron chi connectivity index (χ4n) is 8.65. The van der Waals surface area contributed by atoms with Gasteiger partial charge in [0.15, 0.2) is 8.07 Å². The van der Waals surface area contributed by atoms with Gasteiger partial charge in [-0.25, -0.2) is 0 Å². The van der Waals surface area contributed by atoms with E-state index in [0.717, 1.165) is 11.4 Å². The Morgan fingerprint density at radius 1 is 0.327 bits per heavy atom. The van der Waals surface area contributed by atoms with Crippen molar-refractivity contribution in [2.75, 3.05) is 4.90 Å². The van der Waals surface area contributed by atoms with Crippen molar-refractivity contribution < 1.29 is 0 Å². The van der Waals surface area contributed by atoms with Gasteiger partial charge in [0.25, 0.3) is 0 Å². The number of hydrogen-bond donors (Lipinski definition) is 0. The molecule has 1 aliphatic rings. The van der Waals surface area contributed by atoms with Gasteiger partial charge in [0.05, 0.1) is 5.69 Å². The summed E-state index contributed by atoms with van der Waals surface area (Å²) in [5, 5.41) is 10.7. The molecule has 1 heterocycles. The Morgan fingerprint density at radius 2 is 0.846 bits per heavy atom. The SMILES string of the molecule is c1ccc(-c2ccc(N(c3ccc4c(c3)[Si](c3ccccc3)(c3ccccc3)c3ccccc3-4)c3cc4ccccc4c4ccccc34)cc2)cc1. The lowest BCUT2D eigenvalue weighted by Gasteiger charge is -2.33. The van der Waals surface area contributed by atoms with E-state index in [0.29, 0.717) is 0 Å². The van der Waals surface area contributed by atoms with Gasteiger partial charge in [0.2, 0.25) is 0 Å². The zero-order valence-electron chi connectivity index (χ0n) is 28.7. The van der Waals surface area contributed by atoms with Gasteiger partial charge in [-0.3, -0.25) is 0 Å². The minimum Gasteiger partial charge on any atom is -0.310 e. The monoisotopic (exact) mass is 677 g/mol. The molecule has 244 valence electrons. The summed E-state index contributed by atoms with van der Waals surface area (Å²) >= 11 is 0. The molecule has 52 heavy (non-hydrogen) atoms. The van der Waals surface area contributed by atoms with Crippen LogP contribution < -0.4 is 25.6 Å². The predicted octanol–water partition coefficient (Wildman–Crippen LogP) is 10.5. The highest BCUT2D eigenvalue weighted by atomic mass is 28.3. The van der Waals surface area contributed by atoms with E-state index in [9.17, 15) is 0 Å². The summed E-state index contributed by atoms with van der Waals surface area (Å²) in [4.78, 5) is 2.49. The first kappa shape index (κ1) is 30.4. The number of rotatable bonds is 6. The number of nitrogens with zero attached hydrogens (tertiary/aromatic N) is 1. The van der Waals surface area contributed by atoms with E-state index in [1.165, 1.54) is 70.2 Å². The Bertz CT molecular complexity index is 2680. The van der Waals surface area contributed by atoms with E-state index in [-0.39, 0.29) is 0 Å². The largest absolute Gasteiger partial charge is 0.310 e. The van der Waals surface area contributed by atoms with Crippen LogP contribution >= 0.6 is 0 Å². The van der Waals surface area contributed by atoms with Crippen LogP contribution in [-0.2, 0) is 0 Å². The van der Waals surface area contributed by atoms with Crippen molar-refractivity contribution in [2.24, 2.45) is 0 Å². The molecule has 0 fully saturated rings. The molecule has 1 aliphatic heterocycles. The first-order valence-electron chi connectivity index (χ1n) is 18.0. The molecular weight excluding hydrogens is 643 g/mol. The molecule has 0 saturated carbocycles. The third kappa shape index (κ3) is 4.69. The molecule has 2 heteroatoms. The van der Waals surface area contributed by atoms with E-state index >= 15 is 0 Å². The summed E-state index contributed by atoms with van der Waals surface area (Å²) in [7, 11) is -2.68. The van der Waals surface area contributed by atoms with Gasteiger partial charge >= 0.3 is 0 Å². The molecule has 0 spiro atoms. The maximum Gasteiger partial charge on any atom is 0.180 e. The third-order valence-electron chi connectivity index (χ3n) is 10.9. The standard InChI is InChI=1S/C50H35NSi/c1-4-16-36(17-5-1)37-28-30-39(31-29-37)51(48-34-38-18-10-11-23-43(38)44-24-12-13-25-45(44)48)40-32-33-47-46-26-14-15-27-49(46)52(50(47)35-40,41-19-6-2-7-20-41)42-21-8-3-9-22-42/h1-35H. The predicted molar refractivity (Wildman–Crippen MR) is 224 cm³/mol. The fourth-order valence-corrected chi connectivity index (χ4v) is 13.9. The molecule has 0 unspecified atom stereocenters.